The fourth-order valence-electron chi connectivity index (χ4n) is 2.22. The highest BCUT2D eigenvalue weighted by Crippen LogP contribution is 2.22. The molecular formula is C20H17ClN2O2. The third-order valence-corrected chi connectivity index (χ3v) is 3.63. The number of hydrogen-bond donors (Lipinski definition) is 2. The van der Waals surface area contributed by atoms with Gasteiger partial charge in [-0.1, -0.05) is 35.9 Å². The van der Waals surface area contributed by atoms with Gasteiger partial charge in [0.15, 0.2) is 0 Å². The number of benzene rings is 3. The van der Waals surface area contributed by atoms with Crippen molar-refractivity contribution in [3.05, 3.63) is 83.9 Å². The first-order valence-corrected chi connectivity index (χ1v) is 8.19. The molecule has 0 bridgehead atoms. The predicted molar refractivity (Wildman–Crippen MR) is 102 cm³/mol. The molecule has 0 heterocycles. The third kappa shape index (κ3) is 5.26. The van der Waals surface area contributed by atoms with Crippen LogP contribution in [0.25, 0.3) is 0 Å². The number of nitrogens with one attached hydrogen (secondary N) is 2. The lowest BCUT2D eigenvalue weighted by Crippen LogP contribution is -2.21. The zero-order valence-electron chi connectivity index (χ0n) is 13.4. The molecule has 2 N–H and O–H groups in total. The maximum Gasteiger partial charge on any atom is 0.243 e. The molecule has 0 unspecified atom stereocenters. The summed E-state index contributed by atoms with van der Waals surface area (Å²) in [6.07, 6.45) is 0. The minimum Gasteiger partial charge on any atom is -0.457 e. The summed E-state index contributed by atoms with van der Waals surface area (Å²) in [5.74, 6) is 1.37. The van der Waals surface area contributed by atoms with Crippen LogP contribution in [0.5, 0.6) is 11.5 Å². The van der Waals surface area contributed by atoms with Gasteiger partial charge in [-0.05, 0) is 54.6 Å². The summed E-state index contributed by atoms with van der Waals surface area (Å²) >= 11 is 5.90. The summed E-state index contributed by atoms with van der Waals surface area (Å²) in [7, 11) is 0. The van der Waals surface area contributed by atoms with Crippen molar-refractivity contribution in [3.63, 3.8) is 0 Å². The molecule has 5 heteroatoms. The van der Waals surface area contributed by atoms with Gasteiger partial charge in [-0.3, -0.25) is 4.79 Å². The summed E-state index contributed by atoms with van der Waals surface area (Å²) < 4.78 is 5.73. The molecule has 0 saturated heterocycles. The average molecular weight is 353 g/mol. The van der Waals surface area contributed by atoms with Crippen LogP contribution < -0.4 is 15.4 Å². The zero-order chi connectivity index (χ0) is 17.5. The smallest absolute Gasteiger partial charge is 0.243 e. The van der Waals surface area contributed by atoms with Gasteiger partial charge >= 0.3 is 0 Å². The standard InChI is InChI=1S/C20H17ClN2O2/c21-15-5-4-6-17(13-15)23-20(24)14-22-16-9-11-19(12-10-16)25-18-7-2-1-3-8-18/h1-13,22H,14H2,(H,23,24). The minimum absolute atomic E-state index is 0.146. The Labute approximate surface area is 151 Å². The number of carbonyl (C=O) groups excluding carboxylic acids is 1. The van der Waals surface area contributed by atoms with E-state index in [2.05, 4.69) is 10.6 Å². The summed E-state index contributed by atoms with van der Waals surface area (Å²) in [5, 5.41) is 6.44. The number of hydrogen-bond acceptors (Lipinski definition) is 3. The van der Waals surface area contributed by atoms with Gasteiger partial charge < -0.3 is 15.4 Å². The Morgan fingerprint density at radius 1 is 0.840 bits per heavy atom. The summed E-state index contributed by atoms with van der Waals surface area (Å²) in [5.41, 5.74) is 1.51. The fraction of sp³-hybridized carbons (Fsp3) is 0.0500. The van der Waals surface area contributed by atoms with E-state index in [1.54, 1.807) is 24.3 Å². The van der Waals surface area contributed by atoms with Crippen LogP contribution in [0.1, 0.15) is 0 Å². The molecule has 0 fully saturated rings. The topological polar surface area (TPSA) is 50.4 Å². The second kappa shape index (κ2) is 8.22. The van der Waals surface area contributed by atoms with Crippen LogP contribution in [-0.2, 0) is 4.79 Å². The van der Waals surface area contributed by atoms with E-state index in [4.69, 9.17) is 16.3 Å². The van der Waals surface area contributed by atoms with Gasteiger partial charge in [0.05, 0.1) is 6.54 Å². The van der Waals surface area contributed by atoms with Gasteiger partial charge in [-0.2, -0.15) is 0 Å². The van der Waals surface area contributed by atoms with Crippen LogP contribution in [0.4, 0.5) is 11.4 Å². The summed E-state index contributed by atoms with van der Waals surface area (Å²) in [4.78, 5) is 12.0. The molecule has 0 aliphatic rings. The van der Waals surface area contributed by atoms with Crippen molar-refractivity contribution in [2.24, 2.45) is 0 Å². The Morgan fingerprint density at radius 2 is 1.56 bits per heavy atom. The monoisotopic (exact) mass is 352 g/mol. The van der Waals surface area contributed by atoms with E-state index in [9.17, 15) is 4.79 Å². The molecule has 0 aliphatic heterocycles. The molecular weight excluding hydrogens is 336 g/mol. The van der Waals surface area contributed by atoms with Gasteiger partial charge in [-0.25, -0.2) is 0 Å². The first-order valence-electron chi connectivity index (χ1n) is 7.81. The SMILES string of the molecule is O=C(CNc1ccc(Oc2ccccc2)cc1)Nc1cccc(Cl)c1. The van der Waals surface area contributed by atoms with Crippen molar-refractivity contribution in [3.8, 4) is 11.5 Å². The van der Waals surface area contributed by atoms with Crippen molar-refractivity contribution < 1.29 is 9.53 Å². The second-order valence-electron chi connectivity index (χ2n) is 5.35. The summed E-state index contributed by atoms with van der Waals surface area (Å²) in [6.45, 7) is 0.158. The van der Waals surface area contributed by atoms with Crippen molar-refractivity contribution in [1.82, 2.24) is 0 Å². The van der Waals surface area contributed by atoms with Crippen molar-refractivity contribution in [1.29, 1.82) is 0 Å². The van der Waals surface area contributed by atoms with E-state index in [1.807, 2.05) is 54.6 Å². The van der Waals surface area contributed by atoms with Gasteiger partial charge in [0.1, 0.15) is 11.5 Å². The average Bonchev–Trinajstić information content (AvgIpc) is 2.62. The molecule has 3 aromatic carbocycles. The number of halogens is 1. The highest BCUT2D eigenvalue weighted by molar-refractivity contribution is 6.30. The number of carbonyl (C=O) groups is 1. The molecule has 4 nitrogen and oxygen atoms in total. The van der Waals surface area contributed by atoms with E-state index in [-0.39, 0.29) is 12.5 Å². The molecule has 3 rings (SSSR count). The Balaban J connectivity index is 1.50. The predicted octanol–water partition coefficient (Wildman–Crippen LogP) is 5.18. The lowest BCUT2D eigenvalue weighted by molar-refractivity contribution is -0.114. The molecule has 0 saturated carbocycles. The molecule has 3 aromatic rings. The molecule has 1 amide bonds. The Hall–Kier alpha value is -2.98. The van der Waals surface area contributed by atoms with Crippen LogP contribution in [0.15, 0.2) is 78.9 Å². The largest absolute Gasteiger partial charge is 0.457 e. The first kappa shape index (κ1) is 16.9. The molecule has 0 atom stereocenters. The highest BCUT2D eigenvalue weighted by Gasteiger charge is 2.03. The van der Waals surface area contributed by atoms with Gasteiger partial charge in [0, 0.05) is 16.4 Å². The first-order chi connectivity index (χ1) is 12.2. The van der Waals surface area contributed by atoms with E-state index < -0.39 is 0 Å². The Bertz CT molecular complexity index is 836. The van der Waals surface area contributed by atoms with Crippen molar-refractivity contribution in [2.45, 2.75) is 0 Å². The maximum atomic E-state index is 12.0. The zero-order valence-corrected chi connectivity index (χ0v) is 14.2. The van der Waals surface area contributed by atoms with Crippen molar-refractivity contribution >= 4 is 28.9 Å². The molecule has 0 spiro atoms. The molecule has 0 aromatic heterocycles. The van der Waals surface area contributed by atoms with Crippen molar-refractivity contribution in [2.75, 3.05) is 17.2 Å². The minimum atomic E-state index is -0.146. The summed E-state index contributed by atoms with van der Waals surface area (Å²) in [6, 6.07) is 24.0. The van der Waals surface area contributed by atoms with E-state index in [0.717, 1.165) is 17.2 Å². The third-order valence-electron chi connectivity index (χ3n) is 3.39. The second-order valence-corrected chi connectivity index (χ2v) is 5.79. The van der Waals surface area contributed by atoms with Crippen LogP contribution in [0.3, 0.4) is 0 Å². The van der Waals surface area contributed by atoms with E-state index in [1.165, 1.54) is 0 Å². The normalized spacial score (nSPS) is 10.1. The van der Waals surface area contributed by atoms with Crippen LogP contribution in [0, 0.1) is 0 Å². The highest BCUT2D eigenvalue weighted by atomic mass is 35.5. The van der Waals surface area contributed by atoms with Crippen LogP contribution >= 0.6 is 11.6 Å². The van der Waals surface area contributed by atoms with Crippen LogP contribution in [-0.4, -0.2) is 12.5 Å². The molecule has 126 valence electrons. The Kier molecular flexibility index (Phi) is 5.54. The lowest BCUT2D eigenvalue weighted by atomic mass is 10.3. The maximum absolute atomic E-state index is 12.0. The van der Waals surface area contributed by atoms with E-state index in [0.29, 0.717) is 10.7 Å². The number of anilines is 2. The van der Waals surface area contributed by atoms with Gasteiger partial charge in [-0.15, -0.1) is 0 Å². The number of amides is 1. The van der Waals surface area contributed by atoms with Gasteiger partial charge in [0.2, 0.25) is 5.91 Å². The molecule has 0 aliphatic carbocycles. The van der Waals surface area contributed by atoms with Gasteiger partial charge in [0.25, 0.3) is 0 Å². The van der Waals surface area contributed by atoms with E-state index >= 15 is 0 Å². The number of rotatable bonds is 6. The lowest BCUT2D eigenvalue weighted by Gasteiger charge is -2.09. The quantitative estimate of drug-likeness (QED) is 0.642. The molecule has 25 heavy (non-hydrogen) atoms. The number of para-hydroxylation sites is 1. The molecule has 0 radical (unpaired) electrons. The number of ether oxygens (including phenoxy) is 1. The fourth-order valence-corrected chi connectivity index (χ4v) is 2.41. The van der Waals surface area contributed by atoms with Crippen LogP contribution in [0.2, 0.25) is 5.02 Å². The Morgan fingerprint density at radius 3 is 2.28 bits per heavy atom.